The number of likely N-dealkylation sites (tertiary alicyclic amines) is 1. The molecule has 1 fully saturated rings. The molecule has 2 rings (SSSR count). The number of methoxy groups -OCH3 is 1. The molecule has 1 aliphatic heterocycles. The minimum absolute atomic E-state index is 0. The lowest BCUT2D eigenvalue weighted by atomic mass is 10.1. The molecule has 1 aromatic rings. The van der Waals surface area contributed by atoms with Gasteiger partial charge in [-0.1, -0.05) is 31.2 Å². The standard InChI is InChI=1S/C19H30N4O2.HI/c1-15(18(24)25-3)12-21-19(20-2)22-13-16-6-8-17(9-7-16)14-23-10-4-5-11-23;/h6-9,15H,4-5,10-14H2,1-3H3,(H2,20,21,22);1H. The highest BCUT2D eigenvalue weighted by molar-refractivity contribution is 14.0. The van der Waals surface area contributed by atoms with Gasteiger partial charge in [0.1, 0.15) is 0 Å². The van der Waals surface area contributed by atoms with E-state index in [1.54, 1.807) is 7.05 Å². The van der Waals surface area contributed by atoms with E-state index in [0.29, 0.717) is 19.0 Å². The first-order valence-corrected chi connectivity index (χ1v) is 8.95. The first kappa shape index (κ1) is 22.7. The molecular formula is C19H31IN4O2. The van der Waals surface area contributed by atoms with Gasteiger partial charge in [0, 0.05) is 26.7 Å². The number of halogens is 1. The number of aliphatic imine (C=N–C) groups is 1. The van der Waals surface area contributed by atoms with Crippen molar-refractivity contribution in [1.29, 1.82) is 0 Å². The fourth-order valence-corrected chi connectivity index (χ4v) is 2.90. The number of carbonyl (C=O) groups is 1. The Morgan fingerprint density at radius 1 is 1.19 bits per heavy atom. The number of carbonyl (C=O) groups excluding carboxylic acids is 1. The number of benzene rings is 1. The summed E-state index contributed by atoms with van der Waals surface area (Å²) in [6.45, 7) is 6.48. The third-order valence-electron chi connectivity index (χ3n) is 4.49. The number of ether oxygens (including phenoxy) is 1. The van der Waals surface area contributed by atoms with Gasteiger partial charge in [-0.05, 0) is 37.1 Å². The second-order valence-electron chi connectivity index (χ2n) is 6.53. The number of esters is 1. The van der Waals surface area contributed by atoms with E-state index in [1.807, 2.05) is 6.92 Å². The molecule has 6 nitrogen and oxygen atoms in total. The summed E-state index contributed by atoms with van der Waals surface area (Å²) < 4.78 is 4.72. The average Bonchev–Trinajstić information content (AvgIpc) is 3.15. The van der Waals surface area contributed by atoms with Gasteiger partial charge in [-0.25, -0.2) is 0 Å². The SMILES string of the molecule is CN=C(NCc1ccc(CN2CCCC2)cc1)NCC(C)C(=O)OC.I. The minimum Gasteiger partial charge on any atom is -0.469 e. The molecule has 1 aliphatic rings. The van der Waals surface area contributed by atoms with Gasteiger partial charge < -0.3 is 15.4 Å². The van der Waals surface area contributed by atoms with Crippen molar-refractivity contribution in [3.63, 3.8) is 0 Å². The Labute approximate surface area is 173 Å². The molecule has 0 saturated carbocycles. The molecule has 146 valence electrons. The topological polar surface area (TPSA) is 66.0 Å². The van der Waals surface area contributed by atoms with Crippen LogP contribution in [0.3, 0.4) is 0 Å². The zero-order valence-electron chi connectivity index (χ0n) is 16.0. The number of hydrogen-bond acceptors (Lipinski definition) is 4. The van der Waals surface area contributed by atoms with Gasteiger partial charge in [0.15, 0.2) is 5.96 Å². The van der Waals surface area contributed by atoms with Crippen LogP contribution in [0, 0.1) is 5.92 Å². The van der Waals surface area contributed by atoms with E-state index in [0.717, 1.165) is 6.54 Å². The summed E-state index contributed by atoms with van der Waals surface area (Å²) in [6, 6.07) is 8.71. The zero-order chi connectivity index (χ0) is 18.1. The number of rotatable bonds is 7. The van der Waals surface area contributed by atoms with Crippen LogP contribution in [0.15, 0.2) is 29.3 Å². The van der Waals surface area contributed by atoms with E-state index in [-0.39, 0.29) is 35.9 Å². The first-order chi connectivity index (χ1) is 12.1. The smallest absolute Gasteiger partial charge is 0.310 e. The monoisotopic (exact) mass is 474 g/mol. The summed E-state index contributed by atoms with van der Waals surface area (Å²) in [6.07, 6.45) is 2.64. The molecular weight excluding hydrogens is 443 g/mol. The van der Waals surface area contributed by atoms with Crippen LogP contribution in [0.2, 0.25) is 0 Å². The van der Waals surface area contributed by atoms with E-state index in [9.17, 15) is 4.79 Å². The van der Waals surface area contributed by atoms with E-state index in [4.69, 9.17) is 4.74 Å². The molecule has 0 aliphatic carbocycles. The molecule has 0 spiro atoms. The lowest BCUT2D eigenvalue weighted by Gasteiger charge is -2.16. The normalized spacial score (nSPS) is 15.9. The van der Waals surface area contributed by atoms with Crippen LogP contribution in [0.25, 0.3) is 0 Å². The molecule has 0 aromatic heterocycles. The van der Waals surface area contributed by atoms with Gasteiger partial charge in [-0.15, -0.1) is 24.0 Å². The maximum absolute atomic E-state index is 11.4. The average molecular weight is 474 g/mol. The predicted octanol–water partition coefficient (Wildman–Crippen LogP) is 2.37. The molecule has 1 unspecified atom stereocenters. The van der Waals surface area contributed by atoms with E-state index in [1.165, 1.54) is 44.2 Å². The highest BCUT2D eigenvalue weighted by atomic mass is 127. The van der Waals surface area contributed by atoms with E-state index < -0.39 is 0 Å². The van der Waals surface area contributed by atoms with Gasteiger partial charge >= 0.3 is 5.97 Å². The highest BCUT2D eigenvalue weighted by Crippen LogP contribution is 2.13. The van der Waals surface area contributed by atoms with Crippen LogP contribution in [0.1, 0.15) is 30.9 Å². The Morgan fingerprint density at radius 2 is 1.81 bits per heavy atom. The Kier molecular flexibility index (Phi) is 10.6. The van der Waals surface area contributed by atoms with Crippen LogP contribution in [-0.2, 0) is 22.6 Å². The summed E-state index contributed by atoms with van der Waals surface area (Å²) >= 11 is 0. The molecule has 2 N–H and O–H groups in total. The lowest BCUT2D eigenvalue weighted by molar-refractivity contribution is -0.144. The largest absolute Gasteiger partial charge is 0.469 e. The van der Waals surface area contributed by atoms with Crippen molar-refractivity contribution in [2.45, 2.75) is 32.9 Å². The maximum atomic E-state index is 11.4. The minimum atomic E-state index is -0.225. The van der Waals surface area contributed by atoms with Gasteiger partial charge in [-0.3, -0.25) is 14.7 Å². The van der Waals surface area contributed by atoms with E-state index >= 15 is 0 Å². The summed E-state index contributed by atoms with van der Waals surface area (Å²) in [7, 11) is 3.12. The van der Waals surface area contributed by atoms with Crippen LogP contribution in [-0.4, -0.2) is 50.6 Å². The third kappa shape index (κ3) is 7.49. The predicted molar refractivity (Wildman–Crippen MR) is 116 cm³/mol. The highest BCUT2D eigenvalue weighted by Gasteiger charge is 2.13. The first-order valence-electron chi connectivity index (χ1n) is 8.95. The van der Waals surface area contributed by atoms with E-state index in [2.05, 4.69) is 44.8 Å². The van der Waals surface area contributed by atoms with Gasteiger partial charge in [-0.2, -0.15) is 0 Å². The summed E-state index contributed by atoms with van der Waals surface area (Å²) in [5.74, 6) is 0.238. The third-order valence-corrected chi connectivity index (χ3v) is 4.49. The van der Waals surface area contributed by atoms with Crippen LogP contribution in [0.4, 0.5) is 0 Å². The van der Waals surface area contributed by atoms with Crippen LogP contribution in [0.5, 0.6) is 0 Å². The summed E-state index contributed by atoms with van der Waals surface area (Å²) in [4.78, 5) is 18.1. The second-order valence-corrected chi connectivity index (χ2v) is 6.53. The molecule has 0 amide bonds. The second kappa shape index (κ2) is 12.1. The molecule has 0 bridgehead atoms. The van der Waals surface area contributed by atoms with Crippen molar-refractivity contribution in [1.82, 2.24) is 15.5 Å². The van der Waals surface area contributed by atoms with Crippen molar-refractivity contribution in [3.8, 4) is 0 Å². The number of guanidine groups is 1. The summed E-state index contributed by atoms with van der Waals surface area (Å²) in [5, 5.41) is 6.41. The molecule has 1 aromatic carbocycles. The number of nitrogens with zero attached hydrogens (tertiary/aromatic N) is 2. The Morgan fingerprint density at radius 3 is 2.38 bits per heavy atom. The molecule has 1 atom stereocenters. The molecule has 0 radical (unpaired) electrons. The van der Waals surface area contributed by atoms with Crippen molar-refractivity contribution < 1.29 is 9.53 Å². The molecule has 26 heavy (non-hydrogen) atoms. The van der Waals surface area contributed by atoms with Crippen LogP contribution < -0.4 is 10.6 Å². The molecule has 1 saturated heterocycles. The zero-order valence-corrected chi connectivity index (χ0v) is 18.3. The fraction of sp³-hybridized carbons (Fsp3) is 0.579. The number of nitrogens with one attached hydrogen (secondary N) is 2. The Hall–Kier alpha value is -1.35. The summed E-state index contributed by atoms with van der Waals surface area (Å²) in [5.41, 5.74) is 2.56. The van der Waals surface area contributed by atoms with Crippen molar-refractivity contribution in [3.05, 3.63) is 35.4 Å². The Bertz CT molecular complexity index is 571. The fourth-order valence-electron chi connectivity index (χ4n) is 2.90. The molecule has 7 heteroatoms. The molecule has 1 heterocycles. The maximum Gasteiger partial charge on any atom is 0.310 e. The van der Waals surface area contributed by atoms with Gasteiger partial charge in [0.05, 0.1) is 13.0 Å². The quantitative estimate of drug-likeness (QED) is 0.275. The van der Waals surface area contributed by atoms with Crippen molar-refractivity contribution in [2.75, 3.05) is 33.8 Å². The van der Waals surface area contributed by atoms with Crippen molar-refractivity contribution in [2.24, 2.45) is 10.9 Å². The van der Waals surface area contributed by atoms with Crippen molar-refractivity contribution >= 4 is 35.9 Å². The van der Waals surface area contributed by atoms with Gasteiger partial charge in [0.25, 0.3) is 0 Å². The lowest BCUT2D eigenvalue weighted by Crippen LogP contribution is -2.40. The van der Waals surface area contributed by atoms with Gasteiger partial charge in [0.2, 0.25) is 0 Å². The Balaban J connectivity index is 0.00000338. The number of hydrogen-bond donors (Lipinski definition) is 2. The van der Waals surface area contributed by atoms with Crippen LogP contribution >= 0.6 is 24.0 Å².